The zero-order chi connectivity index (χ0) is 9.80. The van der Waals surface area contributed by atoms with Gasteiger partial charge >= 0.3 is 0 Å². The Morgan fingerprint density at radius 1 is 1.36 bits per heavy atom. The van der Waals surface area contributed by atoms with Crippen LogP contribution in [0.3, 0.4) is 0 Å². The standard InChI is InChI=1S/C10H7NO2S/c12-7-8-3-1-2-4-9(8)14-10-11-5-6-13-10/h1-7H. The summed E-state index contributed by atoms with van der Waals surface area (Å²) in [4.78, 5) is 15.5. The number of aldehydes is 1. The first-order chi connectivity index (χ1) is 6.90. The highest BCUT2D eigenvalue weighted by Crippen LogP contribution is 2.27. The Bertz CT molecular complexity index is 425. The molecule has 70 valence electrons. The molecule has 3 nitrogen and oxygen atoms in total. The smallest absolute Gasteiger partial charge is 0.260 e. The molecule has 4 heteroatoms. The van der Waals surface area contributed by atoms with Crippen molar-refractivity contribution in [3.8, 4) is 0 Å². The summed E-state index contributed by atoms with van der Waals surface area (Å²) in [7, 11) is 0. The predicted octanol–water partition coefficient (Wildman–Crippen LogP) is 2.64. The second-order valence-corrected chi connectivity index (χ2v) is 3.55. The van der Waals surface area contributed by atoms with E-state index in [1.165, 1.54) is 18.0 Å². The summed E-state index contributed by atoms with van der Waals surface area (Å²) in [5.74, 6) is 0. The van der Waals surface area contributed by atoms with Crippen LogP contribution in [0.15, 0.2) is 51.3 Å². The molecule has 0 atom stereocenters. The van der Waals surface area contributed by atoms with E-state index >= 15 is 0 Å². The molecule has 14 heavy (non-hydrogen) atoms. The molecule has 0 aliphatic carbocycles. The van der Waals surface area contributed by atoms with Crippen LogP contribution in [0.4, 0.5) is 0 Å². The van der Waals surface area contributed by atoms with Crippen molar-refractivity contribution in [2.24, 2.45) is 0 Å². The second kappa shape index (κ2) is 4.11. The van der Waals surface area contributed by atoms with Crippen molar-refractivity contribution < 1.29 is 9.21 Å². The van der Waals surface area contributed by atoms with Gasteiger partial charge in [0.05, 0.1) is 6.20 Å². The quantitative estimate of drug-likeness (QED) is 0.722. The SMILES string of the molecule is O=Cc1ccccc1Sc1ncco1. The molecule has 0 unspecified atom stereocenters. The average molecular weight is 205 g/mol. The third-order valence-electron chi connectivity index (χ3n) is 1.65. The molecule has 0 saturated heterocycles. The first-order valence-corrected chi connectivity index (χ1v) is 4.83. The number of nitrogens with zero attached hydrogens (tertiary/aromatic N) is 1. The van der Waals surface area contributed by atoms with Crippen LogP contribution in [0.25, 0.3) is 0 Å². The molecule has 2 rings (SSSR count). The molecule has 0 N–H and O–H groups in total. The fourth-order valence-electron chi connectivity index (χ4n) is 1.03. The molecule has 0 aliphatic heterocycles. The van der Waals surface area contributed by atoms with Gasteiger partial charge in [-0.05, 0) is 17.8 Å². The lowest BCUT2D eigenvalue weighted by atomic mass is 10.2. The lowest BCUT2D eigenvalue weighted by Gasteiger charge is -1.99. The highest BCUT2D eigenvalue weighted by Gasteiger charge is 2.05. The van der Waals surface area contributed by atoms with E-state index in [1.54, 1.807) is 12.3 Å². The summed E-state index contributed by atoms with van der Waals surface area (Å²) in [5, 5.41) is 0.541. The molecule has 2 aromatic rings. The minimum atomic E-state index is 0.541. The summed E-state index contributed by atoms with van der Waals surface area (Å²) in [6, 6.07) is 7.32. The third-order valence-corrected chi connectivity index (χ3v) is 2.62. The van der Waals surface area contributed by atoms with E-state index in [4.69, 9.17) is 4.42 Å². The molecule has 1 aromatic heterocycles. The first-order valence-electron chi connectivity index (χ1n) is 4.01. The topological polar surface area (TPSA) is 43.1 Å². The number of benzene rings is 1. The minimum Gasteiger partial charge on any atom is -0.440 e. The van der Waals surface area contributed by atoms with Gasteiger partial charge in [-0.1, -0.05) is 18.2 Å². The first kappa shape index (κ1) is 9.02. The summed E-state index contributed by atoms with van der Waals surface area (Å²) in [6.07, 6.45) is 3.91. The summed E-state index contributed by atoms with van der Waals surface area (Å²) >= 11 is 1.34. The van der Waals surface area contributed by atoms with Gasteiger partial charge in [-0.25, -0.2) is 4.98 Å². The van der Waals surface area contributed by atoms with Gasteiger partial charge in [-0.2, -0.15) is 0 Å². The van der Waals surface area contributed by atoms with Gasteiger partial charge in [0.25, 0.3) is 5.22 Å². The molecule has 1 heterocycles. The maximum absolute atomic E-state index is 10.7. The summed E-state index contributed by atoms with van der Waals surface area (Å²) < 4.78 is 5.07. The van der Waals surface area contributed by atoms with Crippen molar-refractivity contribution in [3.63, 3.8) is 0 Å². The Kier molecular flexibility index (Phi) is 2.65. The Hall–Kier alpha value is -1.55. The van der Waals surface area contributed by atoms with Gasteiger partial charge in [0.1, 0.15) is 6.26 Å². The van der Waals surface area contributed by atoms with Crippen LogP contribution in [-0.2, 0) is 0 Å². The van der Waals surface area contributed by atoms with Crippen LogP contribution >= 0.6 is 11.8 Å². The van der Waals surface area contributed by atoms with E-state index in [2.05, 4.69) is 4.98 Å². The van der Waals surface area contributed by atoms with Crippen molar-refractivity contribution in [1.82, 2.24) is 4.98 Å². The van der Waals surface area contributed by atoms with E-state index < -0.39 is 0 Å². The number of carbonyl (C=O) groups excluding carboxylic acids is 1. The summed E-state index contributed by atoms with van der Waals surface area (Å²) in [5.41, 5.74) is 0.649. The number of rotatable bonds is 3. The number of oxazole rings is 1. The molecule has 0 spiro atoms. The van der Waals surface area contributed by atoms with Crippen LogP contribution in [0.5, 0.6) is 0 Å². The highest BCUT2D eigenvalue weighted by atomic mass is 32.2. The lowest BCUT2D eigenvalue weighted by Crippen LogP contribution is -1.83. The third kappa shape index (κ3) is 1.85. The zero-order valence-electron chi connectivity index (χ0n) is 7.21. The summed E-state index contributed by atoms with van der Waals surface area (Å²) in [6.45, 7) is 0. The van der Waals surface area contributed by atoms with Gasteiger partial charge in [0, 0.05) is 10.5 Å². The number of carbonyl (C=O) groups is 1. The minimum absolute atomic E-state index is 0.541. The molecule has 0 radical (unpaired) electrons. The van der Waals surface area contributed by atoms with Crippen LogP contribution in [0.1, 0.15) is 10.4 Å². The van der Waals surface area contributed by atoms with Crippen LogP contribution < -0.4 is 0 Å². The molecular weight excluding hydrogens is 198 g/mol. The molecule has 0 aliphatic rings. The zero-order valence-corrected chi connectivity index (χ0v) is 8.03. The lowest BCUT2D eigenvalue weighted by molar-refractivity contribution is 0.112. The Morgan fingerprint density at radius 2 is 2.21 bits per heavy atom. The van der Waals surface area contributed by atoms with Gasteiger partial charge in [-0.3, -0.25) is 4.79 Å². The fourth-order valence-corrected chi connectivity index (χ4v) is 1.81. The van der Waals surface area contributed by atoms with Gasteiger partial charge in [0.15, 0.2) is 6.29 Å². The number of aromatic nitrogens is 1. The molecule has 1 aromatic carbocycles. The maximum atomic E-state index is 10.7. The van der Waals surface area contributed by atoms with E-state index in [0.29, 0.717) is 10.8 Å². The second-order valence-electron chi connectivity index (χ2n) is 2.56. The molecule has 0 saturated carbocycles. The van der Waals surface area contributed by atoms with Crippen LogP contribution in [-0.4, -0.2) is 11.3 Å². The maximum Gasteiger partial charge on any atom is 0.260 e. The highest BCUT2D eigenvalue weighted by molar-refractivity contribution is 7.99. The van der Waals surface area contributed by atoms with Crippen molar-refractivity contribution >= 4 is 18.0 Å². The predicted molar refractivity (Wildman–Crippen MR) is 52.5 cm³/mol. The van der Waals surface area contributed by atoms with E-state index in [-0.39, 0.29) is 0 Å². The van der Waals surface area contributed by atoms with Crippen LogP contribution in [0, 0.1) is 0 Å². The van der Waals surface area contributed by atoms with Crippen molar-refractivity contribution in [1.29, 1.82) is 0 Å². The average Bonchev–Trinajstić information content (AvgIpc) is 2.71. The van der Waals surface area contributed by atoms with Crippen molar-refractivity contribution in [3.05, 3.63) is 42.3 Å². The fraction of sp³-hybridized carbons (Fsp3) is 0. The van der Waals surface area contributed by atoms with Crippen LogP contribution in [0.2, 0.25) is 0 Å². The van der Waals surface area contributed by atoms with E-state index in [9.17, 15) is 4.79 Å². The molecular formula is C10H7NO2S. The van der Waals surface area contributed by atoms with Crippen molar-refractivity contribution in [2.75, 3.05) is 0 Å². The number of hydrogen-bond acceptors (Lipinski definition) is 4. The number of hydrogen-bond donors (Lipinski definition) is 0. The van der Waals surface area contributed by atoms with Gasteiger partial charge in [-0.15, -0.1) is 0 Å². The largest absolute Gasteiger partial charge is 0.440 e. The molecule has 0 fully saturated rings. The van der Waals surface area contributed by atoms with E-state index in [0.717, 1.165) is 11.2 Å². The van der Waals surface area contributed by atoms with E-state index in [1.807, 2.05) is 18.2 Å². The van der Waals surface area contributed by atoms with Gasteiger partial charge < -0.3 is 4.42 Å². The van der Waals surface area contributed by atoms with Crippen molar-refractivity contribution in [2.45, 2.75) is 10.1 Å². The Labute approximate surface area is 85.2 Å². The monoisotopic (exact) mass is 205 g/mol. The normalized spacial score (nSPS) is 10.0. The molecule has 0 bridgehead atoms. The Morgan fingerprint density at radius 3 is 2.93 bits per heavy atom. The van der Waals surface area contributed by atoms with Gasteiger partial charge in [0.2, 0.25) is 0 Å². The Balaban J connectivity index is 2.28. The molecule has 0 amide bonds.